The summed E-state index contributed by atoms with van der Waals surface area (Å²) in [5.41, 5.74) is 10.0. The van der Waals surface area contributed by atoms with Crippen molar-refractivity contribution in [2.45, 2.75) is 38.8 Å². The van der Waals surface area contributed by atoms with Gasteiger partial charge in [-0.2, -0.15) is 0 Å². The molecule has 106 valence electrons. The smallest absolute Gasteiger partial charge is 0.0954 e. The minimum atomic E-state index is 0.216. The van der Waals surface area contributed by atoms with Gasteiger partial charge in [0.05, 0.1) is 17.2 Å². The predicted octanol–water partition coefficient (Wildman–Crippen LogP) is 3.16. The first-order valence-corrected chi connectivity index (χ1v) is 8.04. The molecule has 1 aliphatic heterocycles. The van der Waals surface area contributed by atoms with E-state index in [1.807, 2.05) is 0 Å². The molecule has 1 aromatic heterocycles. The fourth-order valence-electron chi connectivity index (χ4n) is 2.73. The summed E-state index contributed by atoms with van der Waals surface area (Å²) in [6.45, 7) is 6.14. The summed E-state index contributed by atoms with van der Waals surface area (Å²) in [4.78, 5) is 7.10. The van der Waals surface area contributed by atoms with E-state index in [0.717, 1.165) is 25.2 Å². The number of anilines is 1. The van der Waals surface area contributed by atoms with E-state index >= 15 is 0 Å². The van der Waals surface area contributed by atoms with Crippen LogP contribution in [0.15, 0.2) is 29.6 Å². The molecule has 3 rings (SSSR count). The maximum Gasteiger partial charge on any atom is 0.0954 e. The van der Waals surface area contributed by atoms with Gasteiger partial charge in [-0.05, 0) is 18.1 Å². The maximum absolute atomic E-state index is 6.19. The Morgan fingerprint density at radius 3 is 2.95 bits per heavy atom. The van der Waals surface area contributed by atoms with Gasteiger partial charge in [0.15, 0.2) is 0 Å². The van der Waals surface area contributed by atoms with Crippen LogP contribution >= 0.6 is 11.3 Å². The molecule has 0 fully saturated rings. The van der Waals surface area contributed by atoms with Gasteiger partial charge in [0, 0.05) is 29.6 Å². The molecule has 20 heavy (non-hydrogen) atoms. The highest BCUT2D eigenvalue weighted by Gasteiger charge is 2.22. The SMILES string of the molecule is CC(C)c1nc(CN2CC(N)Cc3ccccc32)cs1. The molecule has 3 nitrogen and oxygen atoms in total. The van der Waals surface area contributed by atoms with Crippen LogP contribution in [0.25, 0.3) is 0 Å². The molecule has 2 aromatic rings. The fourth-order valence-corrected chi connectivity index (χ4v) is 3.55. The van der Waals surface area contributed by atoms with Gasteiger partial charge in [0.25, 0.3) is 0 Å². The molecule has 0 radical (unpaired) electrons. The average molecular weight is 287 g/mol. The molecule has 1 unspecified atom stereocenters. The van der Waals surface area contributed by atoms with Gasteiger partial charge in [-0.15, -0.1) is 11.3 Å². The summed E-state index contributed by atoms with van der Waals surface area (Å²) in [5.74, 6) is 0.504. The number of rotatable bonds is 3. The predicted molar refractivity (Wildman–Crippen MR) is 85.4 cm³/mol. The second kappa shape index (κ2) is 5.54. The molecule has 0 bridgehead atoms. The van der Waals surface area contributed by atoms with E-state index in [2.05, 4.69) is 48.4 Å². The number of fused-ring (bicyclic) bond motifs is 1. The Hall–Kier alpha value is -1.39. The Balaban J connectivity index is 1.83. The van der Waals surface area contributed by atoms with Gasteiger partial charge < -0.3 is 10.6 Å². The number of para-hydroxylation sites is 1. The second-order valence-electron chi connectivity index (χ2n) is 5.81. The lowest BCUT2D eigenvalue weighted by Gasteiger charge is -2.34. The van der Waals surface area contributed by atoms with Gasteiger partial charge in [-0.25, -0.2) is 4.98 Å². The van der Waals surface area contributed by atoms with E-state index in [-0.39, 0.29) is 6.04 Å². The summed E-state index contributed by atoms with van der Waals surface area (Å²) < 4.78 is 0. The number of nitrogens with two attached hydrogens (primary N) is 1. The van der Waals surface area contributed by atoms with E-state index in [0.29, 0.717) is 5.92 Å². The van der Waals surface area contributed by atoms with Crippen molar-refractivity contribution in [1.29, 1.82) is 0 Å². The van der Waals surface area contributed by atoms with Gasteiger partial charge in [-0.3, -0.25) is 0 Å². The Bertz CT molecular complexity index is 591. The van der Waals surface area contributed by atoms with Crippen LogP contribution in [0.5, 0.6) is 0 Å². The first-order valence-electron chi connectivity index (χ1n) is 7.16. The van der Waals surface area contributed by atoms with Crippen molar-refractivity contribution < 1.29 is 0 Å². The highest BCUT2D eigenvalue weighted by atomic mass is 32.1. The molecule has 1 aliphatic rings. The minimum Gasteiger partial charge on any atom is -0.364 e. The normalized spacial score (nSPS) is 18.4. The molecule has 4 heteroatoms. The zero-order valence-electron chi connectivity index (χ0n) is 12.0. The van der Waals surface area contributed by atoms with Crippen molar-refractivity contribution in [2.24, 2.45) is 5.73 Å². The monoisotopic (exact) mass is 287 g/mol. The fraction of sp³-hybridized carbons (Fsp3) is 0.438. The number of benzene rings is 1. The molecule has 0 aliphatic carbocycles. The van der Waals surface area contributed by atoms with Crippen molar-refractivity contribution in [3.63, 3.8) is 0 Å². The summed E-state index contributed by atoms with van der Waals surface area (Å²) in [5, 5.41) is 3.40. The van der Waals surface area contributed by atoms with E-state index in [4.69, 9.17) is 10.7 Å². The largest absolute Gasteiger partial charge is 0.364 e. The zero-order valence-corrected chi connectivity index (χ0v) is 12.9. The first kappa shape index (κ1) is 13.6. The molecule has 2 heterocycles. The first-order chi connectivity index (χ1) is 9.63. The molecule has 1 atom stereocenters. The van der Waals surface area contributed by atoms with Crippen molar-refractivity contribution in [2.75, 3.05) is 11.4 Å². The van der Waals surface area contributed by atoms with Gasteiger partial charge in [0.1, 0.15) is 0 Å². The van der Waals surface area contributed by atoms with Gasteiger partial charge in [0.2, 0.25) is 0 Å². The lowest BCUT2D eigenvalue weighted by molar-refractivity contribution is 0.595. The molecule has 0 saturated carbocycles. The van der Waals surface area contributed by atoms with E-state index in [1.54, 1.807) is 11.3 Å². The van der Waals surface area contributed by atoms with Crippen LogP contribution in [0.1, 0.15) is 36.0 Å². The second-order valence-corrected chi connectivity index (χ2v) is 6.69. The standard InChI is InChI=1S/C16H21N3S/c1-11(2)16-18-14(10-20-16)9-19-8-13(17)7-12-5-3-4-6-15(12)19/h3-6,10-11,13H,7-9,17H2,1-2H3. The highest BCUT2D eigenvalue weighted by Crippen LogP contribution is 2.28. The molecule has 2 N–H and O–H groups in total. The number of hydrogen-bond donors (Lipinski definition) is 1. The van der Waals surface area contributed by atoms with Crippen LogP contribution in [-0.4, -0.2) is 17.6 Å². The lowest BCUT2D eigenvalue weighted by atomic mass is 9.98. The Morgan fingerprint density at radius 2 is 2.20 bits per heavy atom. The van der Waals surface area contributed by atoms with E-state index < -0.39 is 0 Å². The van der Waals surface area contributed by atoms with Crippen molar-refractivity contribution in [3.05, 3.63) is 45.9 Å². The van der Waals surface area contributed by atoms with E-state index in [1.165, 1.54) is 16.3 Å². The molecule has 0 amide bonds. The molecule has 0 spiro atoms. The number of nitrogens with zero attached hydrogens (tertiary/aromatic N) is 2. The van der Waals surface area contributed by atoms with Crippen molar-refractivity contribution in [1.82, 2.24) is 4.98 Å². The highest BCUT2D eigenvalue weighted by molar-refractivity contribution is 7.09. The molecular weight excluding hydrogens is 266 g/mol. The van der Waals surface area contributed by atoms with Crippen LogP contribution in [0, 0.1) is 0 Å². The summed E-state index contributed by atoms with van der Waals surface area (Å²) in [6.07, 6.45) is 0.973. The zero-order chi connectivity index (χ0) is 14.1. The summed E-state index contributed by atoms with van der Waals surface area (Å²) in [7, 11) is 0. The maximum atomic E-state index is 6.19. The molecule has 1 aromatic carbocycles. The van der Waals surface area contributed by atoms with Gasteiger partial charge in [-0.1, -0.05) is 32.0 Å². The van der Waals surface area contributed by atoms with Crippen molar-refractivity contribution >= 4 is 17.0 Å². The quantitative estimate of drug-likeness (QED) is 0.943. The number of aromatic nitrogens is 1. The van der Waals surface area contributed by atoms with Crippen molar-refractivity contribution in [3.8, 4) is 0 Å². The third-order valence-electron chi connectivity index (χ3n) is 3.69. The van der Waals surface area contributed by atoms with Crippen LogP contribution in [0.3, 0.4) is 0 Å². The Kier molecular flexibility index (Phi) is 3.76. The third-order valence-corrected chi connectivity index (χ3v) is 4.88. The number of thiazole rings is 1. The van der Waals surface area contributed by atoms with Crippen LogP contribution < -0.4 is 10.6 Å². The number of hydrogen-bond acceptors (Lipinski definition) is 4. The minimum absolute atomic E-state index is 0.216. The van der Waals surface area contributed by atoms with Crippen LogP contribution in [0.4, 0.5) is 5.69 Å². The lowest BCUT2D eigenvalue weighted by Crippen LogP contribution is -2.42. The third kappa shape index (κ3) is 2.72. The van der Waals surface area contributed by atoms with Crippen LogP contribution in [0.2, 0.25) is 0 Å². The van der Waals surface area contributed by atoms with Gasteiger partial charge >= 0.3 is 0 Å². The average Bonchev–Trinajstić information content (AvgIpc) is 2.87. The van der Waals surface area contributed by atoms with E-state index in [9.17, 15) is 0 Å². The Labute approximate surface area is 124 Å². The Morgan fingerprint density at radius 1 is 1.40 bits per heavy atom. The molecular formula is C16H21N3S. The molecule has 0 saturated heterocycles. The summed E-state index contributed by atoms with van der Waals surface area (Å²) in [6, 6.07) is 8.78. The topological polar surface area (TPSA) is 42.2 Å². The summed E-state index contributed by atoms with van der Waals surface area (Å²) >= 11 is 1.76. The van der Waals surface area contributed by atoms with Crippen LogP contribution in [-0.2, 0) is 13.0 Å².